The van der Waals surface area contributed by atoms with Crippen molar-refractivity contribution in [2.24, 2.45) is 5.73 Å². The molecule has 0 saturated carbocycles. The zero-order valence-electron chi connectivity index (χ0n) is 20.5. The predicted octanol–water partition coefficient (Wildman–Crippen LogP) is 3.40. The number of H-pyrrole nitrogens is 1. The highest BCUT2D eigenvalue weighted by Crippen LogP contribution is 2.31. The summed E-state index contributed by atoms with van der Waals surface area (Å²) in [5, 5.41) is 3.34. The molecule has 0 aliphatic carbocycles. The third kappa shape index (κ3) is 5.78. The second-order valence-electron chi connectivity index (χ2n) is 9.09. The maximum atomic E-state index is 11.5. The van der Waals surface area contributed by atoms with Gasteiger partial charge < -0.3 is 25.1 Å². The van der Waals surface area contributed by atoms with Crippen molar-refractivity contribution in [2.45, 2.75) is 12.8 Å². The largest absolute Gasteiger partial charge is 0.492 e. The van der Waals surface area contributed by atoms with Crippen molar-refractivity contribution in [3.05, 3.63) is 71.0 Å². The summed E-state index contributed by atoms with van der Waals surface area (Å²) in [6, 6.07) is 19.8. The topological polar surface area (TPSA) is 96.7 Å². The zero-order valence-corrected chi connectivity index (χ0v) is 20.5. The number of unbranched alkanes of at least 4 members (excludes halogenated alkanes) is 1. The summed E-state index contributed by atoms with van der Waals surface area (Å²) >= 11 is 0. The van der Waals surface area contributed by atoms with Crippen LogP contribution in [0.5, 0.6) is 11.6 Å². The van der Waals surface area contributed by atoms with E-state index in [4.69, 9.17) is 15.2 Å². The van der Waals surface area contributed by atoms with Crippen LogP contribution in [0.15, 0.2) is 65.5 Å². The molecule has 8 nitrogen and oxygen atoms in total. The van der Waals surface area contributed by atoms with Gasteiger partial charge >= 0.3 is 0 Å². The summed E-state index contributed by atoms with van der Waals surface area (Å²) in [4.78, 5) is 23.6. The van der Waals surface area contributed by atoms with E-state index in [0.717, 1.165) is 56.7 Å². The zero-order chi connectivity index (χ0) is 24.7. The molecule has 0 spiro atoms. The number of aromatic nitrogens is 2. The molecule has 3 heterocycles. The summed E-state index contributed by atoms with van der Waals surface area (Å²) in [5.41, 5.74) is 7.26. The first-order valence-corrected chi connectivity index (χ1v) is 12.7. The fourth-order valence-corrected chi connectivity index (χ4v) is 4.70. The Hall–Kier alpha value is -3.62. The molecule has 2 aromatic heterocycles. The molecule has 0 amide bonds. The van der Waals surface area contributed by atoms with Gasteiger partial charge in [-0.3, -0.25) is 9.69 Å². The smallest absolute Gasteiger partial charge is 0.249 e. The van der Waals surface area contributed by atoms with Gasteiger partial charge in [-0.15, -0.1) is 0 Å². The van der Waals surface area contributed by atoms with Gasteiger partial charge in [0, 0.05) is 61.3 Å². The van der Waals surface area contributed by atoms with Crippen molar-refractivity contribution in [3.8, 4) is 11.6 Å². The Bertz CT molecular complexity index is 1360. The van der Waals surface area contributed by atoms with Crippen molar-refractivity contribution >= 4 is 27.5 Å². The lowest BCUT2D eigenvalue weighted by Crippen LogP contribution is -2.46. The SMILES string of the molecule is NCCOc1ccc2cccc(N3CCN(CCCCOc4ccc5ccc(=O)[nH]c5n4)CC3)c2c1. The number of ether oxygens (including phenoxy) is 2. The summed E-state index contributed by atoms with van der Waals surface area (Å²) in [5.74, 6) is 1.41. The van der Waals surface area contributed by atoms with Gasteiger partial charge in [-0.2, -0.15) is 4.98 Å². The first kappa shape index (κ1) is 24.1. The highest BCUT2D eigenvalue weighted by Gasteiger charge is 2.18. The molecule has 1 aliphatic rings. The highest BCUT2D eigenvalue weighted by atomic mass is 16.5. The van der Waals surface area contributed by atoms with Gasteiger partial charge in [-0.05, 0) is 55.1 Å². The lowest BCUT2D eigenvalue weighted by Gasteiger charge is -2.36. The second kappa shape index (κ2) is 11.4. The van der Waals surface area contributed by atoms with E-state index in [2.05, 4.69) is 50.1 Å². The van der Waals surface area contributed by atoms with E-state index in [0.29, 0.717) is 31.3 Å². The van der Waals surface area contributed by atoms with E-state index in [1.165, 1.54) is 22.5 Å². The molecule has 5 rings (SSSR count). The molecule has 2 aromatic carbocycles. The van der Waals surface area contributed by atoms with E-state index in [1.807, 2.05) is 18.2 Å². The minimum atomic E-state index is -0.158. The van der Waals surface area contributed by atoms with Crippen molar-refractivity contribution in [1.82, 2.24) is 14.9 Å². The van der Waals surface area contributed by atoms with Crippen molar-refractivity contribution < 1.29 is 9.47 Å². The Morgan fingerprint density at radius 2 is 1.72 bits per heavy atom. The van der Waals surface area contributed by atoms with Crippen LogP contribution in [0.3, 0.4) is 0 Å². The molecule has 188 valence electrons. The summed E-state index contributed by atoms with van der Waals surface area (Å²) in [7, 11) is 0. The number of anilines is 1. The van der Waals surface area contributed by atoms with Gasteiger partial charge in [0.1, 0.15) is 18.0 Å². The number of hydrogen-bond donors (Lipinski definition) is 2. The Morgan fingerprint density at radius 1 is 0.889 bits per heavy atom. The van der Waals surface area contributed by atoms with Crippen LogP contribution < -0.4 is 25.7 Å². The van der Waals surface area contributed by atoms with Crippen LogP contribution in [0.2, 0.25) is 0 Å². The molecule has 3 N–H and O–H groups in total. The number of nitrogens with one attached hydrogen (secondary N) is 1. The van der Waals surface area contributed by atoms with Crippen LogP contribution in [0.4, 0.5) is 5.69 Å². The predicted molar refractivity (Wildman–Crippen MR) is 144 cm³/mol. The van der Waals surface area contributed by atoms with Gasteiger partial charge in [0.25, 0.3) is 0 Å². The Morgan fingerprint density at radius 3 is 2.58 bits per heavy atom. The van der Waals surface area contributed by atoms with Crippen LogP contribution in [0.1, 0.15) is 12.8 Å². The summed E-state index contributed by atoms with van der Waals surface area (Å²) < 4.78 is 11.6. The summed E-state index contributed by atoms with van der Waals surface area (Å²) in [6.45, 7) is 6.79. The van der Waals surface area contributed by atoms with Crippen LogP contribution >= 0.6 is 0 Å². The Kier molecular flexibility index (Phi) is 7.64. The van der Waals surface area contributed by atoms with Crippen molar-refractivity contribution in [1.29, 1.82) is 0 Å². The fourth-order valence-electron chi connectivity index (χ4n) is 4.70. The summed E-state index contributed by atoms with van der Waals surface area (Å²) in [6.07, 6.45) is 2.03. The standard InChI is InChI=1S/C28H33N5O3/c29-12-19-35-23-9-6-21-4-3-5-25(24(21)20-23)33-16-14-32(15-17-33)13-1-2-18-36-27-11-8-22-7-10-26(34)30-28(22)31-27/h3-11,20H,1-2,12-19,29H2,(H,30,31,34). The number of benzene rings is 2. The first-order valence-electron chi connectivity index (χ1n) is 12.7. The van der Waals surface area contributed by atoms with E-state index in [9.17, 15) is 4.79 Å². The van der Waals surface area contributed by atoms with Gasteiger partial charge in [-0.1, -0.05) is 18.2 Å². The highest BCUT2D eigenvalue weighted by molar-refractivity contribution is 5.95. The lowest BCUT2D eigenvalue weighted by molar-refractivity contribution is 0.237. The first-order chi connectivity index (χ1) is 17.7. The van der Waals surface area contributed by atoms with Gasteiger partial charge in [0.2, 0.25) is 11.4 Å². The normalized spacial score (nSPS) is 14.4. The van der Waals surface area contributed by atoms with Crippen LogP contribution in [-0.4, -0.2) is 67.4 Å². The second-order valence-corrected chi connectivity index (χ2v) is 9.09. The molecule has 1 fully saturated rings. The molecule has 0 bridgehead atoms. The minimum Gasteiger partial charge on any atom is -0.492 e. The van der Waals surface area contributed by atoms with Crippen LogP contribution in [0, 0.1) is 0 Å². The van der Waals surface area contributed by atoms with Crippen molar-refractivity contribution in [3.63, 3.8) is 0 Å². The fraction of sp³-hybridized carbons (Fsp3) is 0.357. The molecule has 0 atom stereocenters. The van der Waals surface area contributed by atoms with Crippen molar-refractivity contribution in [2.75, 3.05) is 57.4 Å². The molecular weight excluding hydrogens is 454 g/mol. The molecule has 1 aliphatic heterocycles. The Labute approximate surface area is 210 Å². The lowest BCUT2D eigenvalue weighted by atomic mass is 10.1. The number of pyridine rings is 2. The number of fused-ring (bicyclic) bond motifs is 2. The van der Waals surface area contributed by atoms with E-state index in [-0.39, 0.29) is 5.56 Å². The number of hydrogen-bond acceptors (Lipinski definition) is 7. The monoisotopic (exact) mass is 487 g/mol. The maximum Gasteiger partial charge on any atom is 0.249 e. The minimum absolute atomic E-state index is 0.158. The molecule has 1 saturated heterocycles. The van der Waals surface area contributed by atoms with E-state index >= 15 is 0 Å². The van der Waals surface area contributed by atoms with Gasteiger partial charge in [0.05, 0.1) is 6.61 Å². The number of aromatic amines is 1. The molecule has 0 unspecified atom stereocenters. The molecule has 8 heteroatoms. The Balaban J connectivity index is 1.08. The van der Waals surface area contributed by atoms with E-state index in [1.54, 1.807) is 6.07 Å². The molecule has 4 aromatic rings. The van der Waals surface area contributed by atoms with Crippen LogP contribution in [0.25, 0.3) is 21.8 Å². The van der Waals surface area contributed by atoms with E-state index < -0.39 is 0 Å². The molecule has 0 radical (unpaired) electrons. The maximum absolute atomic E-state index is 11.5. The number of piperazine rings is 1. The third-order valence-corrected chi connectivity index (χ3v) is 6.61. The number of nitrogens with zero attached hydrogens (tertiary/aromatic N) is 3. The number of rotatable bonds is 10. The third-order valence-electron chi connectivity index (χ3n) is 6.61. The van der Waals surface area contributed by atoms with Gasteiger partial charge in [0.15, 0.2) is 0 Å². The molecule has 36 heavy (non-hydrogen) atoms. The van der Waals surface area contributed by atoms with Gasteiger partial charge in [-0.25, -0.2) is 0 Å². The quantitative estimate of drug-likeness (QED) is 0.331. The van der Waals surface area contributed by atoms with Crippen LogP contribution in [-0.2, 0) is 0 Å². The average Bonchev–Trinajstić information content (AvgIpc) is 2.91. The number of nitrogens with two attached hydrogens (primary N) is 1. The molecular formula is C28H33N5O3. The average molecular weight is 488 g/mol.